The van der Waals surface area contributed by atoms with E-state index in [1.54, 1.807) is 18.2 Å². The second-order valence-electron chi connectivity index (χ2n) is 6.59. The van der Waals surface area contributed by atoms with Crippen molar-refractivity contribution >= 4 is 56.4 Å². The first-order valence-electron chi connectivity index (χ1n) is 8.82. The summed E-state index contributed by atoms with van der Waals surface area (Å²) in [6, 6.07) is 9.23. The van der Waals surface area contributed by atoms with Gasteiger partial charge in [-0.1, -0.05) is 40.9 Å². The van der Waals surface area contributed by atoms with Gasteiger partial charge in [0.15, 0.2) is 0 Å². The molecule has 156 valence electrons. The highest BCUT2D eigenvalue weighted by atomic mass is 35.5. The summed E-state index contributed by atoms with van der Waals surface area (Å²) in [4.78, 5) is 12.8. The van der Waals surface area contributed by atoms with Gasteiger partial charge in [-0.25, -0.2) is 8.42 Å². The Morgan fingerprint density at radius 1 is 1.17 bits per heavy atom. The van der Waals surface area contributed by atoms with Crippen LogP contribution in [0, 0.1) is 5.92 Å². The molecule has 1 aliphatic rings. The van der Waals surface area contributed by atoms with Crippen LogP contribution < -0.4 is 10.1 Å². The van der Waals surface area contributed by atoms with Crippen molar-refractivity contribution in [1.29, 1.82) is 0 Å². The van der Waals surface area contributed by atoms with Crippen molar-refractivity contribution in [3.05, 3.63) is 51.5 Å². The van der Waals surface area contributed by atoms with E-state index in [-0.39, 0.29) is 27.4 Å². The van der Waals surface area contributed by atoms with Crippen LogP contribution in [-0.4, -0.2) is 38.8 Å². The van der Waals surface area contributed by atoms with Gasteiger partial charge in [0.25, 0.3) is 0 Å². The van der Waals surface area contributed by atoms with Crippen LogP contribution in [0.4, 0.5) is 5.69 Å². The van der Waals surface area contributed by atoms with E-state index in [1.165, 1.54) is 29.6 Å². The molecule has 0 bridgehead atoms. The number of sulfonamides is 1. The van der Waals surface area contributed by atoms with Gasteiger partial charge in [0.05, 0.1) is 38.7 Å². The number of halogens is 3. The summed E-state index contributed by atoms with van der Waals surface area (Å²) in [6.07, 6.45) is 1.13. The van der Waals surface area contributed by atoms with Crippen LogP contribution >= 0.6 is 34.8 Å². The Balaban J connectivity index is 1.76. The number of carbonyl (C=O) groups is 1. The summed E-state index contributed by atoms with van der Waals surface area (Å²) in [5.74, 6) is -0.427. The number of rotatable bonds is 5. The molecule has 1 fully saturated rings. The lowest BCUT2D eigenvalue weighted by Crippen LogP contribution is -2.43. The predicted octanol–water partition coefficient (Wildman–Crippen LogP) is 4.69. The minimum absolute atomic E-state index is 0.0576. The van der Waals surface area contributed by atoms with Gasteiger partial charge in [0, 0.05) is 13.1 Å². The highest BCUT2D eigenvalue weighted by Gasteiger charge is 2.33. The maximum absolute atomic E-state index is 13.0. The zero-order valence-corrected chi connectivity index (χ0v) is 18.6. The fraction of sp³-hybridized carbons (Fsp3) is 0.316. The predicted molar refractivity (Wildman–Crippen MR) is 115 cm³/mol. The van der Waals surface area contributed by atoms with Crippen LogP contribution in [0.1, 0.15) is 12.8 Å². The van der Waals surface area contributed by atoms with E-state index >= 15 is 0 Å². The zero-order valence-electron chi connectivity index (χ0n) is 15.5. The third kappa shape index (κ3) is 4.81. The smallest absolute Gasteiger partial charge is 0.243 e. The molecule has 6 nitrogen and oxygen atoms in total. The van der Waals surface area contributed by atoms with Crippen LogP contribution in [0.3, 0.4) is 0 Å². The van der Waals surface area contributed by atoms with Crippen LogP contribution in [0.5, 0.6) is 5.75 Å². The Bertz CT molecular complexity index is 1030. The summed E-state index contributed by atoms with van der Waals surface area (Å²) in [5, 5.41) is 3.52. The van der Waals surface area contributed by atoms with Crippen LogP contribution in [0.25, 0.3) is 0 Å². The van der Waals surface area contributed by atoms with E-state index in [9.17, 15) is 13.2 Å². The molecule has 1 unspecified atom stereocenters. The van der Waals surface area contributed by atoms with Gasteiger partial charge >= 0.3 is 0 Å². The van der Waals surface area contributed by atoms with Crippen LogP contribution in [0.15, 0.2) is 41.3 Å². The summed E-state index contributed by atoms with van der Waals surface area (Å²) < 4.78 is 32.4. The quantitative estimate of drug-likeness (QED) is 0.677. The molecular weight excluding hydrogens is 459 g/mol. The minimum atomic E-state index is -3.80. The molecule has 3 rings (SSSR count). The summed E-state index contributed by atoms with van der Waals surface area (Å²) in [7, 11) is -2.34. The third-order valence-electron chi connectivity index (χ3n) is 4.73. The van der Waals surface area contributed by atoms with Crippen molar-refractivity contribution < 1.29 is 17.9 Å². The average molecular weight is 478 g/mol. The van der Waals surface area contributed by atoms with Crippen molar-refractivity contribution in [2.45, 2.75) is 17.7 Å². The van der Waals surface area contributed by atoms with Gasteiger partial charge < -0.3 is 10.1 Å². The van der Waals surface area contributed by atoms with E-state index in [2.05, 4.69) is 5.32 Å². The summed E-state index contributed by atoms with van der Waals surface area (Å²) in [6.45, 7) is 0.393. The van der Waals surface area contributed by atoms with Crippen molar-refractivity contribution in [2.75, 3.05) is 25.5 Å². The second-order valence-corrected chi connectivity index (χ2v) is 9.72. The minimum Gasteiger partial charge on any atom is -0.495 e. The maximum Gasteiger partial charge on any atom is 0.243 e. The Kier molecular flexibility index (Phi) is 6.96. The summed E-state index contributed by atoms with van der Waals surface area (Å²) >= 11 is 18.2. The molecule has 0 aromatic heterocycles. The SMILES string of the molecule is COc1ccc(S(=O)(=O)N2CCCC(C(=O)Nc3cccc(Cl)c3Cl)C2)cc1Cl. The molecule has 1 N–H and O–H groups in total. The first-order valence-corrected chi connectivity index (χ1v) is 11.4. The molecule has 0 radical (unpaired) electrons. The maximum atomic E-state index is 13.0. The Labute approximate surface area is 184 Å². The molecule has 2 aromatic carbocycles. The number of carbonyl (C=O) groups excluding carboxylic acids is 1. The number of anilines is 1. The fourth-order valence-corrected chi connectivity index (χ4v) is 5.39. The average Bonchev–Trinajstić information content (AvgIpc) is 2.71. The molecule has 1 aliphatic heterocycles. The first kappa shape index (κ1) is 22.2. The topological polar surface area (TPSA) is 75.7 Å². The van der Waals surface area contributed by atoms with Crippen LogP contribution in [0.2, 0.25) is 15.1 Å². The number of nitrogens with zero attached hydrogens (tertiary/aromatic N) is 1. The van der Waals surface area contributed by atoms with Gasteiger partial charge in [-0.05, 0) is 43.2 Å². The van der Waals surface area contributed by atoms with Gasteiger partial charge in [-0.2, -0.15) is 4.31 Å². The van der Waals surface area contributed by atoms with E-state index in [4.69, 9.17) is 39.5 Å². The molecule has 1 atom stereocenters. The number of ether oxygens (including phenoxy) is 1. The number of benzene rings is 2. The van der Waals surface area contributed by atoms with E-state index in [1.807, 2.05) is 0 Å². The highest BCUT2D eigenvalue weighted by Crippen LogP contribution is 2.32. The molecular formula is C19H19Cl3N2O4S. The number of nitrogens with one attached hydrogen (secondary N) is 1. The van der Waals surface area contributed by atoms with Gasteiger partial charge in [-0.15, -0.1) is 0 Å². The van der Waals surface area contributed by atoms with Crippen molar-refractivity contribution in [3.63, 3.8) is 0 Å². The Hall–Kier alpha value is -1.51. The first-order chi connectivity index (χ1) is 13.7. The Morgan fingerprint density at radius 3 is 2.62 bits per heavy atom. The Morgan fingerprint density at radius 2 is 1.93 bits per heavy atom. The van der Waals surface area contributed by atoms with E-state index < -0.39 is 15.9 Å². The second kappa shape index (κ2) is 9.10. The molecule has 1 amide bonds. The molecule has 1 heterocycles. The highest BCUT2D eigenvalue weighted by molar-refractivity contribution is 7.89. The molecule has 0 saturated carbocycles. The molecule has 1 saturated heterocycles. The van der Waals surface area contributed by atoms with Gasteiger partial charge in [0.1, 0.15) is 5.75 Å². The van der Waals surface area contributed by atoms with Gasteiger partial charge in [-0.3, -0.25) is 4.79 Å². The van der Waals surface area contributed by atoms with Crippen LogP contribution in [-0.2, 0) is 14.8 Å². The van der Waals surface area contributed by atoms with Gasteiger partial charge in [0.2, 0.25) is 15.9 Å². The normalized spacial score (nSPS) is 17.7. The zero-order chi connectivity index (χ0) is 21.2. The summed E-state index contributed by atoms with van der Waals surface area (Å²) in [5.41, 5.74) is 0.395. The fourth-order valence-electron chi connectivity index (χ4n) is 3.17. The monoisotopic (exact) mass is 476 g/mol. The standard InChI is InChI=1S/C19H19Cl3N2O4S/c1-28-17-8-7-13(10-15(17)21)29(26,27)24-9-3-4-12(11-24)19(25)23-16-6-2-5-14(20)18(16)22/h2,5-8,10,12H,3-4,9,11H2,1H3,(H,23,25). The lowest BCUT2D eigenvalue weighted by Gasteiger charge is -2.31. The van der Waals surface area contributed by atoms with Crippen molar-refractivity contribution in [2.24, 2.45) is 5.92 Å². The van der Waals surface area contributed by atoms with E-state index in [0.29, 0.717) is 35.8 Å². The number of piperidine rings is 1. The van der Waals surface area contributed by atoms with E-state index in [0.717, 1.165) is 0 Å². The third-order valence-corrected chi connectivity index (χ3v) is 7.70. The lowest BCUT2D eigenvalue weighted by molar-refractivity contribution is -0.120. The lowest BCUT2D eigenvalue weighted by atomic mass is 9.99. The largest absolute Gasteiger partial charge is 0.495 e. The molecule has 0 aliphatic carbocycles. The molecule has 2 aromatic rings. The number of amides is 1. The molecule has 10 heteroatoms. The molecule has 0 spiro atoms. The number of hydrogen-bond donors (Lipinski definition) is 1. The molecule has 29 heavy (non-hydrogen) atoms. The van der Waals surface area contributed by atoms with Crippen molar-refractivity contribution in [3.8, 4) is 5.75 Å². The van der Waals surface area contributed by atoms with Crippen molar-refractivity contribution in [1.82, 2.24) is 4.31 Å². The number of methoxy groups -OCH3 is 1. The number of hydrogen-bond acceptors (Lipinski definition) is 4.